The van der Waals surface area contributed by atoms with Crippen LogP contribution in [0.15, 0.2) is 17.2 Å². The molecule has 1 aromatic rings. The van der Waals surface area contributed by atoms with Gasteiger partial charge in [0.1, 0.15) is 0 Å². The number of nitrogens with one attached hydrogen (secondary N) is 1. The Hall–Kier alpha value is -0.850. The molecule has 2 unspecified atom stereocenters. The van der Waals surface area contributed by atoms with Gasteiger partial charge < -0.3 is 9.67 Å². The van der Waals surface area contributed by atoms with Gasteiger partial charge >= 0.3 is 0 Å². The van der Waals surface area contributed by atoms with Gasteiger partial charge in [-0.1, -0.05) is 6.92 Å². The Bertz CT molecular complexity index is 521. The summed E-state index contributed by atoms with van der Waals surface area (Å²) in [5.74, 6) is 0.585. The molecule has 0 spiro atoms. The normalized spacial score (nSPS) is 24.6. The smallest absolute Gasteiger partial charge is 0.242 e. The summed E-state index contributed by atoms with van der Waals surface area (Å²) in [6, 6.07) is 1.56. The van der Waals surface area contributed by atoms with E-state index in [1.165, 1.54) is 12.3 Å². The summed E-state index contributed by atoms with van der Waals surface area (Å²) in [7, 11) is -1.74. The summed E-state index contributed by atoms with van der Waals surface area (Å²) in [6.45, 7) is 1.98. The second-order valence-corrected chi connectivity index (χ2v) is 6.89. The molecule has 1 heterocycles. The van der Waals surface area contributed by atoms with Gasteiger partial charge in [0.2, 0.25) is 10.0 Å². The zero-order chi connectivity index (χ0) is 13.3. The molecule has 0 amide bonds. The fourth-order valence-electron chi connectivity index (χ4n) is 2.48. The highest BCUT2D eigenvalue weighted by Gasteiger charge is 2.27. The van der Waals surface area contributed by atoms with E-state index < -0.39 is 10.0 Å². The van der Waals surface area contributed by atoms with Crippen molar-refractivity contribution in [3.05, 3.63) is 18.0 Å². The minimum absolute atomic E-state index is 0.0442. The molecule has 1 aliphatic carbocycles. The number of nitrogens with zero attached hydrogens (tertiary/aromatic N) is 1. The average Bonchev–Trinajstić information content (AvgIpc) is 2.84. The molecule has 102 valence electrons. The van der Waals surface area contributed by atoms with Gasteiger partial charge in [-0.15, -0.1) is 0 Å². The minimum Gasteiger partial charge on any atom is -0.390 e. The van der Waals surface area contributed by atoms with Crippen LogP contribution in [-0.4, -0.2) is 24.1 Å². The second kappa shape index (κ2) is 5.03. The first-order valence-corrected chi connectivity index (χ1v) is 7.69. The third-order valence-corrected chi connectivity index (χ3v) is 5.06. The van der Waals surface area contributed by atoms with E-state index in [1.807, 2.05) is 0 Å². The third-order valence-electron chi connectivity index (χ3n) is 3.57. The summed E-state index contributed by atoms with van der Waals surface area (Å²) in [6.07, 6.45) is 4.41. The quantitative estimate of drug-likeness (QED) is 0.858. The van der Waals surface area contributed by atoms with Crippen molar-refractivity contribution >= 4 is 10.0 Å². The number of aromatic nitrogens is 1. The van der Waals surface area contributed by atoms with Crippen LogP contribution in [-0.2, 0) is 23.7 Å². The lowest BCUT2D eigenvalue weighted by Gasteiger charge is -2.11. The predicted molar refractivity (Wildman–Crippen MR) is 68.5 cm³/mol. The fraction of sp³-hybridized carbons (Fsp3) is 0.667. The van der Waals surface area contributed by atoms with Gasteiger partial charge in [0.05, 0.1) is 11.5 Å². The number of hydrogen-bond acceptors (Lipinski definition) is 3. The van der Waals surface area contributed by atoms with Gasteiger partial charge in [-0.3, -0.25) is 0 Å². The van der Waals surface area contributed by atoms with E-state index in [2.05, 4.69) is 11.6 Å². The van der Waals surface area contributed by atoms with Crippen LogP contribution in [0.25, 0.3) is 0 Å². The van der Waals surface area contributed by atoms with Gasteiger partial charge in [-0.2, -0.15) is 0 Å². The Morgan fingerprint density at radius 2 is 2.22 bits per heavy atom. The molecule has 0 aromatic carbocycles. The fourth-order valence-corrected chi connectivity index (χ4v) is 3.86. The highest BCUT2D eigenvalue weighted by molar-refractivity contribution is 7.89. The SMILES string of the molecule is CC1CCC(NS(=O)(=O)c2cc(CO)n(C)c2)C1. The van der Waals surface area contributed by atoms with Gasteiger partial charge in [-0.25, -0.2) is 13.1 Å². The first-order chi connectivity index (χ1) is 8.42. The Balaban J connectivity index is 2.15. The van der Waals surface area contributed by atoms with Crippen LogP contribution in [0.4, 0.5) is 0 Å². The lowest BCUT2D eigenvalue weighted by molar-refractivity contribution is 0.272. The van der Waals surface area contributed by atoms with E-state index >= 15 is 0 Å². The molecule has 0 bridgehead atoms. The molecule has 5 nitrogen and oxygen atoms in total. The topological polar surface area (TPSA) is 71.3 Å². The van der Waals surface area contributed by atoms with Gasteiger partial charge in [0.15, 0.2) is 0 Å². The summed E-state index contributed by atoms with van der Waals surface area (Å²) in [5, 5.41) is 9.08. The van der Waals surface area contributed by atoms with Crippen molar-refractivity contribution in [2.45, 2.75) is 43.7 Å². The van der Waals surface area contributed by atoms with Crippen LogP contribution in [0.2, 0.25) is 0 Å². The molecule has 0 saturated heterocycles. The molecule has 0 radical (unpaired) electrons. The number of aliphatic hydroxyl groups is 1. The zero-order valence-electron chi connectivity index (χ0n) is 10.8. The zero-order valence-corrected chi connectivity index (χ0v) is 11.6. The average molecular weight is 272 g/mol. The van der Waals surface area contributed by atoms with E-state index in [0.29, 0.717) is 11.6 Å². The molecule has 1 fully saturated rings. The van der Waals surface area contributed by atoms with Crippen molar-refractivity contribution in [1.82, 2.24) is 9.29 Å². The Morgan fingerprint density at radius 1 is 1.50 bits per heavy atom. The molecule has 1 saturated carbocycles. The summed E-state index contributed by atoms with van der Waals surface area (Å²) in [4.78, 5) is 0.230. The predicted octanol–water partition coefficient (Wildman–Crippen LogP) is 0.984. The monoisotopic (exact) mass is 272 g/mol. The van der Waals surface area contributed by atoms with Crippen LogP contribution < -0.4 is 4.72 Å². The number of sulfonamides is 1. The molecule has 1 aromatic heterocycles. The second-order valence-electron chi connectivity index (χ2n) is 5.17. The van der Waals surface area contributed by atoms with Crippen molar-refractivity contribution < 1.29 is 13.5 Å². The van der Waals surface area contributed by atoms with Gasteiger partial charge in [0.25, 0.3) is 0 Å². The number of aryl methyl sites for hydroxylation is 1. The van der Waals surface area contributed by atoms with Crippen molar-refractivity contribution in [3.63, 3.8) is 0 Å². The van der Waals surface area contributed by atoms with Crippen molar-refractivity contribution in [1.29, 1.82) is 0 Å². The van der Waals surface area contributed by atoms with Crippen LogP contribution in [0, 0.1) is 5.92 Å². The molecular weight excluding hydrogens is 252 g/mol. The van der Waals surface area contributed by atoms with E-state index in [4.69, 9.17) is 5.11 Å². The Morgan fingerprint density at radius 3 is 2.72 bits per heavy atom. The summed E-state index contributed by atoms with van der Waals surface area (Å²) >= 11 is 0. The van der Waals surface area contributed by atoms with Gasteiger partial charge in [0, 0.05) is 25.0 Å². The van der Waals surface area contributed by atoms with E-state index in [0.717, 1.165) is 19.3 Å². The first-order valence-electron chi connectivity index (χ1n) is 6.21. The van der Waals surface area contributed by atoms with Crippen LogP contribution >= 0.6 is 0 Å². The Kier molecular flexibility index (Phi) is 3.79. The van der Waals surface area contributed by atoms with Crippen molar-refractivity contribution in [3.8, 4) is 0 Å². The molecule has 2 atom stereocenters. The molecule has 2 N–H and O–H groups in total. The molecule has 18 heavy (non-hydrogen) atoms. The van der Waals surface area contributed by atoms with Crippen LogP contribution in [0.3, 0.4) is 0 Å². The molecule has 0 aliphatic heterocycles. The molecule has 6 heteroatoms. The largest absolute Gasteiger partial charge is 0.390 e. The van der Waals surface area contributed by atoms with Gasteiger partial charge in [-0.05, 0) is 31.2 Å². The van der Waals surface area contributed by atoms with Crippen molar-refractivity contribution in [2.24, 2.45) is 13.0 Å². The van der Waals surface area contributed by atoms with Crippen LogP contribution in [0.1, 0.15) is 31.9 Å². The number of hydrogen-bond donors (Lipinski definition) is 2. The molecular formula is C12H20N2O3S. The van der Waals surface area contributed by atoms with E-state index in [-0.39, 0.29) is 17.5 Å². The molecule has 1 aliphatic rings. The maximum atomic E-state index is 12.2. The Labute approximate surface area is 108 Å². The standard InChI is InChI=1S/C12H20N2O3S/c1-9-3-4-10(5-9)13-18(16,17)12-6-11(8-15)14(2)7-12/h6-7,9-10,13,15H,3-5,8H2,1-2H3. The maximum Gasteiger partial charge on any atom is 0.242 e. The van der Waals surface area contributed by atoms with Crippen LogP contribution in [0.5, 0.6) is 0 Å². The number of aliphatic hydroxyl groups excluding tert-OH is 1. The number of rotatable bonds is 4. The minimum atomic E-state index is -3.46. The van der Waals surface area contributed by atoms with Crippen molar-refractivity contribution in [2.75, 3.05) is 0 Å². The highest BCUT2D eigenvalue weighted by Crippen LogP contribution is 2.26. The maximum absolute atomic E-state index is 12.2. The highest BCUT2D eigenvalue weighted by atomic mass is 32.2. The molecule has 2 rings (SSSR count). The third kappa shape index (κ3) is 2.76. The lowest BCUT2D eigenvalue weighted by atomic mass is 10.1. The lowest BCUT2D eigenvalue weighted by Crippen LogP contribution is -2.32. The van der Waals surface area contributed by atoms with E-state index in [1.54, 1.807) is 11.6 Å². The van der Waals surface area contributed by atoms with E-state index in [9.17, 15) is 8.42 Å². The first kappa shape index (κ1) is 13.6. The summed E-state index contributed by atoms with van der Waals surface area (Å²) < 4.78 is 28.7. The summed E-state index contributed by atoms with van der Waals surface area (Å²) in [5.41, 5.74) is 0.593.